The Labute approximate surface area is 120 Å². The summed E-state index contributed by atoms with van der Waals surface area (Å²) < 4.78 is 192. The average Bonchev–Trinajstić information content (AvgIpc) is 2.39. The third-order valence-electron chi connectivity index (χ3n) is 4.49. The van der Waals surface area contributed by atoms with Gasteiger partial charge in [-0.15, -0.1) is 0 Å². The normalized spacial score (nSPS) is 54.8. The second-order valence-electron chi connectivity index (χ2n) is 5.48. The standard InChI is InChI=1S/C9F14O/c10-1-3(12,13)2(11)6(18,19)8(22,4(1,14)15)24-9(23,5(1,16)17)7(2,20)21. The zero-order valence-corrected chi connectivity index (χ0v) is 10.2. The van der Waals surface area contributed by atoms with Crippen LogP contribution >= 0.6 is 0 Å². The number of alkyl halides is 14. The zero-order chi connectivity index (χ0) is 19.2. The van der Waals surface area contributed by atoms with Crippen LogP contribution in [0.5, 0.6) is 0 Å². The molecule has 4 aliphatic rings. The Kier molecular flexibility index (Phi) is 2.46. The van der Waals surface area contributed by atoms with Gasteiger partial charge in [0.25, 0.3) is 0 Å². The van der Waals surface area contributed by atoms with Gasteiger partial charge in [0.15, 0.2) is 0 Å². The molecular weight excluding hydrogens is 390 g/mol. The van der Waals surface area contributed by atoms with E-state index in [0.717, 1.165) is 0 Å². The van der Waals surface area contributed by atoms with Crippen molar-refractivity contribution in [3.8, 4) is 0 Å². The molecule has 2 aliphatic carbocycles. The van der Waals surface area contributed by atoms with Crippen LogP contribution in [-0.2, 0) is 4.74 Å². The molecule has 0 spiro atoms. The summed E-state index contributed by atoms with van der Waals surface area (Å²) in [6, 6.07) is 0. The topological polar surface area (TPSA) is 9.23 Å². The van der Waals surface area contributed by atoms with Crippen LogP contribution in [0.3, 0.4) is 0 Å². The van der Waals surface area contributed by atoms with Crippen LogP contribution in [0.25, 0.3) is 0 Å². The molecular formula is C9F14O. The van der Waals surface area contributed by atoms with Gasteiger partial charge in [-0.05, 0) is 0 Å². The van der Waals surface area contributed by atoms with Gasteiger partial charge < -0.3 is 0 Å². The van der Waals surface area contributed by atoms with E-state index in [1.165, 1.54) is 0 Å². The number of ether oxygens (including phenoxy) is 1. The van der Waals surface area contributed by atoms with Gasteiger partial charge in [0.2, 0.25) is 0 Å². The Hall–Kier alpha value is -1.02. The first-order valence-electron chi connectivity index (χ1n) is 5.55. The van der Waals surface area contributed by atoms with Crippen LogP contribution in [0.2, 0.25) is 0 Å². The van der Waals surface area contributed by atoms with Gasteiger partial charge in [0.1, 0.15) is 0 Å². The van der Waals surface area contributed by atoms with E-state index in [9.17, 15) is 61.5 Å². The Balaban J connectivity index is 2.60. The molecule has 0 amide bonds. The molecule has 2 aliphatic heterocycles. The van der Waals surface area contributed by atoms with Crippen LogP contribution in [0, 0.1) is 0 Å². The first kappa shape index (κ1) is 17.8. The molecule has 0 N–H and O–H groups in total. The van der Waals surface area contributed by atoms with Crippen LogP contribution in [0.1, 0.15) is 0 Å². The summed E-state index contributed by atoms with van der Waals surface area (Å²) in [6.07, 6.45) is 0. The van der Waals surface area contributed by atoms with Crippen molar-refractivity contribution in [3.63, 3.8) is 0 Å². The molecule has 0 unspecified atom stereocenters. The third-order valence-corrected chi connectivity index (χ3v) is 4.49. The van der Waals surface area contributed by atoms with E-state index < -0.39 is 52.7 Å². The minimum Gasteiger partial charge on any atom is -0.289 e. The van der Waals surface area contributed by atoms with E-state index in [0.29, 0.717) is 0 Å². The summed E-state index contributed by atoms with van der Waals surface area (Å²) in [7, 11) is 0. The van der Waals surface area contributed by atoms with Gasteiger partial charge in [-0.3, -0.25) is 4.74 Å². The van der Waals surface area contributed by atoms with Gasteiger partial charge in [-0.25, -0.2) is 8.78 Å². The smallest absolute Gasteiger partial charge is 0.289 e. The van der Waals surface area contributed by atoms with E-state index in [4.69, 9.17) is 0 Å². The van der Waals surface area contributed by atoms with Crippen molar-refractivity contribution in [2.45, 2.75) is 52.7 Å². The number of halogens is 14. The molecule has 0 radical (unpaired) electrons. The highest BCUT2D eigenvalue weighted by molar-refractivity contribution is 5.45. The zero-order valence-electron chi connectivity index (χ0n) is 10.2. The molecule has 140 valence electrons. The third kappa shape index (κ3) is 0.928. The van der Waals surface area contributed by atoms with Gasteiger partial charge in [0, 0.05) is 0 Å². The average molecular weight is 390 g/mol. The van der Waals surface area contributed by atoms with Crippen molar-refractivity contribution < 1.29 is 66.2 Å². The van der Waals surface area contributed by atoms with Crippen molar-refractivity contribution >= 4 is 0 Å². The summed E-state index contributed by atoms with van der Waals surface area (Å²) in [5, 5.41) is 0. The van der Waals surface area contributed by atoms with Gasteiger partial charge in [0.05, 0.1) is 0 Å². The van der Waals surface area contributed by atoms with Crippen molar-refractivity contribution in [1.82, 2.24) is 0 Å². The largest absolute Gasteiger partial charge is 0.357 e. The highest BCUT2D eigenvalue weighted by atomic mass is 19.3. The molecule has 4 bridgehead atoms. The maximum atomic E-state index is 13.9. The van der Waals surface area contributed by atoms with Crippen molar-refractivity contribution in [2.24, 2.45) is 0 Å². The highest BCUT2D eigenvalue weighted by Gasteiger charge is 3.19. The van der Waals surface area contributed by atoms with Crippen molar-refractivity contribution in [1.29, 1.82) is 0 Å². The second kappa shape index (κ2) is 3.32. The molecule has 2 saturated carbocycles. The van der Waals surface area contributed by atoms with Gasteiger partial charge in [-0.1, -0.05) is 0 Å². The molecule has 1 nitrogen and oxygen atoms in total. The fraction of sp³-hybridized carbons (Fsp3) is 1.00. The SMILES string of the molecule is FC1(F)C2(F)OC3(F)C(F)(F)C1(F)C(F)(F)C(F)(C2(F)F)C3(F)F. The fourth-order valence-corrected chi connectivity index (χ4v) is 3.15. The number of hydrogen-bond donors (Lipinski definition) is 0. The van der Waals surface area contributed by atoms with Crippen LogP contribution in [0.15, 0.2) is 0 Å². The maximum absolute atomic E-state index is 13.9. The van der Waals surface area contributed by atoms with Gasteiger partial charge >= 0.3 is 52.7 Å². The van der Waals surface area contributed by atoms with E-state index in [1.54, 1.807) is 0 Å². The molecule has 4 fully saturated rings. The highest BCUT2D eigenvalue weighted by Crippen LogP contribution is 2.85. The molecule has 24 heavy (non-hydrogen) atoms. The van der Waals surface area contributed by atoms with Crippen LogP contribution < -0.4 is 0 Å². The minimum atomic E-state index is -7.63. The molecule has 0 aromatic carbocycles. The molecule has 0 aromatic rings. The Morgan fingerprint density at radius 1 is 0.333 bits per heavy atom. The molecule has 0 atom stereocenters. The summed E-state index contributed by atoms with van der Waals surface area (Å²) in [5.41, 5.74) is -14.8. The summed E-state index contributed by atoms with van der Waals surface area (Å²) in [4.78, 5) is 0. The predicted octanol–water partition coefficient (Wildman–Crippen LogP) is 3.97. The maximum Gasteiger partial charge on any atom is 0.357 e. The van der Waals surface area contributed by atoms with E-state index in [1.807, 2.05) is 0 Å². The summed E-state index contributed by atoms with van der Waals surface area (Å²) in [6.45, 7) is 0. The summed E-state index contributed by atoms with van der Waals surface area (Å²) in [5.74, 6) is -50.7. The van der Waals surface area contributed by atoms with Gasteiger partial charge in [-0.2, -0.15) is 52.7 Å². The molecule has 2 saturated heterocycles. The lowest BCUT2D eigenvalue weighted by atomic mass is 9.52. The first-order chi connectivity index (χ1) is 10.2. The second-order valence-corrected chi connectivity index (χ2v) is 5.48. The monoisotopic (exact) mass is 390 g/mol. The van der Waals surface area contributed by atoms with E-state index in [2.05, 4.69) is 4.74 Å². The Bertz CT molecular complexity index is 552. The molecule has 2 heterocycles. The first-order valence-corrected chi connectivity index (χ1v) is 5.55. The lowest BCUT2D eigenvalue weighted by Crippen LogP contribution is -3.04. The van der Waals surface area contributed by atoms with E-state index >= 15 is 0 Å². The predicted molar refractivity (Wildman–Crippen MR) is 41.2 cm³/mol. The lowest BCUT2D eigenvalue weighted by molar-refractivity contribution is -0.649. The number of hydrogen-bond acceptors (Lipinski definition) is 1. The fourth-order valence-electron chi connectivity index (χ4n) is 3.15. The molecule has 0 aromatic heterocycles. The Morgan fingerprint density at radius 2 is 0.542 bits per heavy atom. The molecule has 15 heteroatoms. The van der Waals surface area contributed by atoms with E-state index in [-0.39, 0.29) is 0 Å². The molecule has 4 rings (SSSR count). The Morgan fingerprint density at radius 3 is 0.750 bits per heavy atom. The number of rotatable bonds is 0. The van der Waals surface area contributed by atoms with Crippen LogP contribution in [0.4, 0.5) is 61.5 Å². The van der Waals surface area contributed by atoms with Crippen molar-refractivity contribution in [2.75, 3.05) is 0 Å². The lowest BCUT2D eigenvalue weighted by Gasteiger charge is -2.70. The van der Waals surface area contributed by atoms with Crippen molar-refractivity contribution in [3.05, 3.63) is 0 Å². The minimum absolute atomic E-state index is 2.14. The van der Waals surface area contributed by atoms with Crippen LogP contribution in [-0.4, -0.2) is 52.7 Å². The summed E-state index contributed by atoms with van der Waals surface area (Å²) >= 11 is 0. The quantitative estimate of drug-likeness (QED) is 0.569.